The Labute approximate surface area is 86.6 Å². The van der Waals surface area contributed by atoms with E-state index in [9.17, 15) is 0 Å². The largest absolute Gasteiger partial charge is 0.379 e. The zero-order valence-corrected chi connectivity index (χ0v) is 9.05. The summed E-state index contributed by atoms with van der Waals surface area (Å²) in [4.78, 5) is 0. The maximum atomic E-state index is 8.99. The molecule has 0 radical (unpaired) electrons. The second-order valence-corrected chi connectivity index (χ2v) is 3.88. The van der Waals surface area contributed by atoms with Crippen molar-refractivity contribution in [2.45, 2.75) is 38.8 Å². The first-order valence-corrected chi connectivity index (χ1v) is 5.59. The fraction of sp³-hybridized carbons (Fsp3) is 0.818. The Hall–Kier alpha value is -0.380. The first-order chi connectivity index (χ1) is 6.79. The van der Waals surface area contributed by atoms with Gasteiger partial charge in [0.05, 0.1) is 0 Å². The molecule has 1 heterocycles. The average molecular weight is 198 g/mol. The maximum Gasteiger partial charge on any atom is 0.102 e. The van der Waals surface area contributed by atoms with Gasteiger partial charge < -0.3 is 10.4 Å². The first kappa shape index (κ1) is 11.7. The van der Waals surface area contributed by atoms with Crippen molar-refractivity contribution in [3.63, 3.8) is 0 Å². The van der Waals surface area contributed by atoms with Crippen molar-refractivity contribution < 1.29 is 5.11 Å². The molecule has 0 aromatic carbocycles. The molecule has 0 saturated carbocycles. The molecule has 0 bridgehead atoms. The molecular formula is C11H22N2O. The molecule has 0 amide bonds. The number of aliphatic hydroxyl groups is 1. The van der Waals surface area contributed by atoms with Crippen LogP contribution in [0.4, 0.5) is 0 Å². The van der Waals surface area contributed by atoms with Crippen molar-refractivity contribution in [2.24, 2.45) is 0 Å². The minimum atomic E-state index is -0.385. The molecule has 1 fully saturated rings. The molecule has 82 valence electrons. The van der Waals surface area contributed by atoms with Crippen LogP contribution < -0.4 is 10.6 Å². The highest BCUT2D eigenvalue weighted by molar-refractivity contribution is 5.03. The maximum absolute atomic E-state index is 8.99. The quantitative estimate of drug-likeness (QED) is 0.359. The van der Waals surface area contributed by atoms with E-state index < -0.39 is 0 Å². The highest BCUT2D eigenvalue weighted by atomic mass is 16.3. The van der Waals surface area contributed by atoms with Crippen molar-refractivity contribution in [1.29, 1.82) is 0 Å². The van der Waals surface area contributed by atoms with Gasteiger partial charge in [-0.1, -0.05) is 11.6 Å². The lowest BCUT2D eigenvalue weighted by Crippen LogP contribution is -2.25. The molecule has 3 heteroatoms. The van der Waals surface area contributed by atoms with Crippen LogP contribution >= 0.6 is 0 Å². The second kappa shape index (κ2) is 6.98. The summed E-state index contributed by atoms with van der Waals surface area (Å²) in [5.41, 5.74) is 1.57. The van der Waals surface area contributed by atoms with Gasteiger partial charge in [-0.3, -0.25) is 5.32 Å². The summed E-state index contributed by atoms with van der Waals surface area (Å²) in [5, 5.41) is 15.4. The van der Waals surface area contributed by atoms with Gasteiger partial charge in [-0.25, -0.2) is 0 Å². The Bertz CT molecular complexity index is 168. The second-order valence-electron chi connectivity index (χ2n) is 3.88. The fourth-order valence-corrected chi connectivity index (χ4v) is 1.71. The lowest BCUT2D eigenvalue weighted by atomic mass is 10.1. The van der Waals surface area contributed by atoms with E-state index in [4.69, 9.17) is 5.11 Å². The van der Waals surface area contributed by atoms with Crippen molar-refractivity contribution >= 4 is 0 Å². The molecule has 3 nitrogen and oxygen atoms in total. The van der Waals surface area contributed by atoms with Crippen LogP contribution in [0.2, 0.25) is 0 Å². The molecule has 1 unspecified atom stereocenters. The first-order valence-electron chi connectivity index (χ1n) is 5.59. The number of rotatable bonds is 4. The van der Waals surface area contributed by atoms with Gasteiger partial charge in [-0.2, -0.15) is 0 Å². The van der Waals surface area contributed by atoms with Gasteiger partial charge in [0.25, 0.3) is 0 Å². The van der Waals surface area contributed by atoms with E-state index in [-0.39, 0.29) is 6.23 Å². The topological polar surface area (TPSA) is 44.3 Å². The average Bonchev–Trinajstić information content (AvgIpc) is 2.40. The van der Waals surface area contributed by atoms with Gasteiger partial charge in [0.2, 0.25) is 0 Å². The monoisotopic (exact) mass is 198 g/mol. The Morgan fingerprint density at radius 1 is 1.50 bits per heavy atom. The summed E-state index contributed by atoms with van der Waals surface area (Å²) in [7, 11) is 0. The summed E-state index contributed by atoms with van der Waals surface area (Å²) in [6.45, 7) is 4.90. The van der Waals surface area contributed by atoms with Gasteiger partial charge >= 0.3 is 0 Å². The normalized spacial score (nSPS) is 23.4. The number of hydrogen-bond donors (Lipinski definition) is 3. The van der Waals surface area contributed by atoms with Crippen LogP contribution in [0.5, 0.6) is 0 Å². The molecule has 0 aromatic rings. The number of nitrogens with one attached hydrogen (secondary N) is 2. The minimum absolute atomic E-state index is 0.385. The van der Waals surface area contributed by atoms with E-state index in [1.165, 1.54) is 19.3 Å². The van der Waals surface area contributed by atoms with Crippen LogP contribution in [0.15, 0.2) is 11.6 Å². The molecule has 1 atom stereocenters. The van der Waals surface area contributed by atoms with E-state index >= 15 is 0 Å². The van der Waals surface area contributed by atoms with E-state index in [0.29, 0.717) is 0 Å². The van der Waals surface area contributed by atoms with Crippen molar-refractivity contribution in [3.05, 3.63) is 11.6 Å². The van der Waals surface area contributed by atoms with E-state index in [1.54, 1.807) is 12.5 Å². The summed E-state index contributed by atoms with van der Waals surface area (Å²) in [6, 6.07) is 0. The Morgan fingerprint density at radius 3 is 3.14 bits per heavy atom. The third-order valence-electron chi connectivity index (χ3n) is 2.49. The molecule has 1 rings (SSSR count). The van der Waals surface area contributed by atoms with Gasteiger partial charge in [0, 0.05) is 6.54 Å². The molecule has 1 saturated heterocycles. The highest BCUT2D eigenvalue weighted by Gasteiger charge is 2.02. The van der Waals surface area contributed by atoms with Crippen molar-refractivity contribution in [2.75, 3.05) is 19.6 Å². The Morgan fingerprint density at radius 2 is 2.36 bits per heavy atom. The lowest BCUT2D eigenvalue weighted by molar-refractivity contribution is 0.158. The van der Waals surface area contributed by atoms with Crippen LogP contribution in [0, 0.1) is 0 Å². The van der Waals surface area contributed by atoms with E-state index in [2.05, 4.69) is 16.7 Å². The van der Waals surface area contributed by atoms with E-state index in [1.807, 2.05) is 0 Å². The van der Waals surface area contributed by atoms with E-state index in [0.717, 1.165) is 26.1 Å². The molecule has 0 aromatic heterocycles. The third kappa shape index (κ3) is 5.37. The lowest BCUT2D eigenvalue weighted by Gasteiger charge is -2.06. The Balaban J connectivity index is 2.14. The third-order valence-corrected chi connectivity index (χ3v) is 2.49. The zero-order valence-electron chi connectivity index (χ0n) is 9.05. The minimum Gasteiger partial charge on any atom is -0.379 e. The van der Waals surface area contributed by atoms with Gasteiger partial charge in [0.15, 0.2) is 0 Å². The number of aliphatic hydroxyl groups excluding tert-OH is 1. The standard InChI is InChI=1S/C11H22N2O/c1-10(14)13-8-3-5-11-4-2-7-12-9-6-11/h5,10,12-14H,2-4,6-9H2,1H3/b11-5-. The van der Waals surface area contributed by atoms with Gasteiger partial charge in [-0.05, 0) is 45.7 Å². The number of hydrogen-bond acceptors (Lipinski definition) is 3. The molecule has 14 heavy (non-hydrogen) atoms. The highest BCUT2D eigenvalue weighted by Crippen LogP contribution is 2.12. The zero-order chi connectivity index (χ0) is 10.2. The van der Waals surface area contributed by atoms with Crippen molar-refractivity contribution in [1.82, 2.24) is 10.6 Å². The smallest absolute Gasteiger partial charge is 0.102 e. The molecule has 3 N–H and O–H groups in total. The van der Waals surface area contributed by atoms with Crippen LogP contribution in [0.3, 0.4) is 0 Å². The van der Waals surface area contributed by atoms with Crippen LogP contribution in [0.25, 0.3) is 0 Å². The molecule has 1 aliphatic rings. The van der Waals surface area contributed by atoms with Gasteiger partial charge in [0.1, 0.15) is 6.23 Å². The summed E-state index contributed by atoms with van der Waals surface area (Å²) < 4.78 is 0. The summed E-state index contributed by atoms with van der Waals surface area (Å²) in [5.74, 6) is 0. The van der Waals surface area contributed by atoms with Crippen LogP contribution in [0.1, 0.15) is 32.6 Å². The summed E-state index contributed by atoms with van der Waals surface area (Å²) >= 11 is 0. The molecular weight excluding hydrogens is 176 g/mol. The predicted molar refractivity (Wildman–Crippen MR) is 59.1 cm³/mol. The molecule has 0 spiro atoms. The Kier molecular flexibility index (Phi) is 5.83. The SMILES string of the molecule is CC(O)NCC/C=C1/CCCNCC1. The van der Waals surface area contributed by atoms with Crippen molar-refractivity contribution in [3.8, 4) is 0 Å². The molecule has 0 aliphatic carbocycles. The van der Waals surface area contributed by atoms with Crippen LogP contribution in [-0.2, 0) is 0 Å². The van der Waals surface area contributed by atoms with Gasteiger partial charge in [-0.15, -0.1) is 0 Å². The summed E-state index contributed by atoms with van der Waals surface area (Å²) in [6.07, 6.45) is 6.65. The predicted octanol–water partition coefficient (Wildman–Crippen LogP) is 1.00. The van der Waals surface area contributed by atoms with Crippen LogP contribution in [-0.4, -0.2) is 31.0 Å². The molecule has 1 aliphatic heterocycles. The fourth-order valence-electron chi connectivity index (χ4n) is 1.71.